The van der Waals surface area contributed by atoms with Crippen LogP contribution in [0, 0.1) is 12.8 Å². The van der Waals surface area contributed by atoms with Crippen LogP contribution in [0.5, 0.6) is 0 Å². The molecule has 1 fully saturated rings. The second kappa shape index (κ2) is 7.61. The van der Waals surface area contributed by atoms with Gasteiger partial charge in [-0.15, -0.1) is 12.4 Å². The number of likely N-dealkylation sites (tertiary alicyclic amines) is 1. The number of imidazole rings is 1. The number of rotatable bonds is 5. The second-order valence-corrected chi connectivity index (χ2v) is 7.51. The molecule has 1 aliphatic rings. The molecule has 2 unspecified atom stereocenters. The van der Waals surface area contributed by atoms with Crippen LogP contribution in [0.1, 0.15) is 19.2 Å². The lowest BCUT2D eigenvalue weighted by atomic mass is 10.1. The highest BCUT2D eigenvalue weighted by Gasteiger charge is 2.32. The standard InChI is InChI=1S/C13H23N5O3S.ClH/c1-9-4-11(5-14)7-18(9)13(19)6-15-22(20,21)12-8-17(3)10(2)16-12;/h8-9,11,15H,4-7,14H2,1-3H3;1H. The van der Waals surface area contributed by atoms with Crippen LogP contribution < -0.4 is 10.5 Å². The Morgan fingerprint density at radius 3 is 2.65 bits per heavy atom. The van der Waals surface area contributed by atoms with E-state index < -0.39 is 10.0 Å². The van der Waals surface area contributed by atoms with Crippen LogP contribution >= 0.6 is 12.4 Å². The van der Waals surface area contributed by atoms with Gasteiger partial charge >= 0.3 is 0 Å². The molecule has 0 spiro atoms. The van der Waals surface area contributed by atoms with Crippen molar-refractivity contribution in [2.45, 2.75) is 31.3 Å². The van der Waals surface area contributed by atoms with Crippen LogP contribution in [-0.4, -0.2) is 54.5 Å². The first kappa shape index (κ1) is 19.9. The molecular formula is C13H24ClN5O3S. The Hall–Kier alpha value is -1.16. The molecule has 0 bridgehead atoms. The maximum absolute atomic E-state index is 12.2. The first-order chi connectivity index (χ1) is 10.2. The lowest BCUT2D eigenvalue weighted by molar-refractivity contribution is -0.130. The van der Waals surface area contributed by atoms with Gasteiger partial charge in [0.05, 0.1) is 6.54 Å². The van der Waals surface area contributed by atoms with Gasteiger partial charge < -0.3 is 15.2 Å². The Morgan fingerprint density at radius 1 is 1.52 bits per heavy atom. The third kappa shape index (κ3) is 4.43. The van der Waals surface area contributed by atoms with Gasteiger partial charge in [0.15, 0.2) is 5.03 Å². The van der Waals surface area contributed by atoms with Crippen LogP contribution in [0.4, 0.5) is 0 Å². The normalized spacial score (nSPS) is 21.3. The third-order valence-electron chi connectivity index (χ3n) is 4.09. The van der Waals surface area contributed by atoms with Gasteiger partial charge in [-0.25, -0.2) is 18.1 Å². The van der Waals surface area contributed by atoms with Crippen molar-refractivity contribution in [1.29, 1.82) is 0 Å². The second-order valence-electron chi connectivity index (χ2n) is 5.79. The number of hydrogen-bond acceptors (Lipinski definition) is 5. The Labute approximate surface area is 142 Å². The minimum atomic E-state index is -3.78. The number of aromatic nitrogens is 2. The van der Waals surface area contributed by atoms with Gasteiger partial charge in [-0.2, -0.15) is 0 Å². The van der Waals surface area contributed by atoms with Gasteiger partial charge in [-0.3, -0.25) is 4.79 Å². The lowest BCUT2D eigenvalue weighted by Crippen LogP contribution is -2.42. The van der Waals surface area contributed by atoms with Crippen molar-refractivity contribution in [2.24, 2.45) is 18.7 Å². The minimum absolute atomic E-state index is 0. The summed E-state index contributed by atoms with van der Waals surface area (Å²) in [6, 6.07) is 0.0858. The molecule has 2 rings (SSSR count). The smallest absolute Gasteiger partial charge is 0.260 e. The van der Waals surface area contributed by atoms with Crippen molar-refractivity contribution in [3.8, 4) is 0 Å². The van der Waals surface area contributed by atoms with Crippen LogP contribution in [-0.2, 0) is 21.9 Å². The van der Waals surface area contributed by atoms with Gasteiger partial charge in [-0.05, 0) is 32.7 Å². The monoisotopic (exact) mass is 365 g/mol. The highest BCUT2D eigenvalue weighted by Crippen LogP contribution is 2.21. The largest absolute Gasteiger partial charge is 0.339 e. The summed E-state index contributed by atoms with van der Waals surface area (Å²) in [7, 11) is -2.06. The van der Waals surface area contributed by atoms with E-state index in [0.29, 0.717) is 18.9 Å². The van der Waals surface area contributed by atoms with Crippen molar-refractivity contribution in [1.82, 2.24) is 19.2 Å². The maximum Gasteiger partial charge on any atom is 0.260 e. The molecule has 1 aliphatic heterocycles. The molecule has 3 N–H and O–H groups in total. The zero-order valence-electron chi connectivity index (χ0n) is 13.5. The zero-order chi connectivity index (χ0) is 16.5. The topological polar surface area (TPSA) is 110 Å². The fourth-order valence-electron chi connectivity index (χ4n) is 2.65. The molecule has 1 amide bonds. The Balaban J connectivity index is 0.00000264. The van der Waals surface area contributed by atoms with Crippen LogP contribution in [0.25, 0.3) is 0 Å². The Kier molecular flexibility index (Phi) is 6.58. The van der Waals surface area contributed by atoms with Gasteiger partial charge in [0.1, 0.15) is 5.82 Å². The number of sulfonamides is 1. The molecule has 23 heavy (non-hydrogen) atoms. The van der Waals surface area contributed by atoms with E-state index in [9.17, 15) is 13.2 Å². The molecule has 2 heterocycles. The molecule has 1 saturated heterocycles. The van der Waals surface area contributed by atoms with Crippen LogP contribution in [0.15, 0.2) is 11.2 Å². The van der Waals surface area contributed by atoms with Gasteiger partial charge in [0, 0.05) is 25.8 Å². The fraction of sp³-hybridized carbons (Fsp3) is 0.692. The third-order valence-corrected chi connectivity index (χ3v) is 5.36. The highest BCUT2D eigenvalue weighted by molar-refractivity contribution is 7.89. The van der Waals surface area contributed by atoms with Crippen LogP contribution in [0.2, 0.25) is 0 Å². The van der Waals surface area contributed by atoms with E-state index >= 15 is 0 Å². The Bertz CT molecular complexity index is 641. The van der Waals surface area contributed by atoms with E-state index in [1.165, 1.54) is 6.20 Å². The number of amides is 1. The van der Waals surface area contributed by atoms with Crippen LogP contribution in [0.3, 0.4) is 0 Å². The molecular weight excluding hydrogens is 342 g/mol. The predicted octanol–water partition coefficient (Wildman–Crippen LogP) is -0.376. The first-order valence-electron chi connectivity index (χ1n) is 7.23. The quantitative estimate of drug-likeness (QED) is 0.739. The van der Waals surface area contributed by atoms with E-state index in [-0.39, 0.29) is 41.8 Å². The molecule has 0 aliphatic carbocycles. The van der Waals surface area contributed by atoms with E-state index in [0.717, 1.165) is 6.42 Å². The zero-order valence-corrected chi connectivity index (χ0v) is 15.2. The molecule has 0 radical (unpaired) electrons. The SMILES string of the molecule is Cc1nc(S(=O)(=O)NCC(=O)N2CC(CN)CC2C)cn1C.Cl. The maximum atomic E-state index is 12.2. The number of carbonyl (C=O) groups is 1. The summed E-state index contributed by atoms with van der Waals surface area (Å²) in [6.45, 7) is 4.51. The molecule has 132 valence electrons. The van der Waals surface area contributed by atoms with Crippen molar-refractivity contribution >= 4 is 28.3 Å². The number of aryl methyl sites for hydroxylation is 2. The van der Waals surface area contributed by atoms with Gasteiger partial charge in [-0.1, -0.05) is 0 Å². The van der Waals surface area contributed by atoms with Crippen molar-refractivity contribution in [3.63, 3.8) is 0 Å². The Morgan fingerprint density at radius 2 is 2.17 bits per heavy atom. The lowest BCUT2D eigenvalue weighted by Gasteiger charge is -2.21. The van der Waals surface area contributed by atoms with Gasteiger partial charge in [0.2, 0.25) is 5.91 Å². The van der Waals surface area contributed by atoms with Gasteiger partial charge in [0.25, 0.3) is 10.0 Å². The van der Waals surface area contributed by atoms with Crippen molar-refractivity contribution in [2.75, 3.05) is 19.6 Å². The number of hydrogen-bond donors (Lipinski definition) is 2. The molecule has 10 heteroatoms. The number of carbonyl (C=O) groups excluding carboxylic acids is 1. The first-order valence-corrected chi connectivity index (χ1v) is 8.72. The summed E-state index contributed by atoms with van der Waals surface area (Å²) in [6.07, 6.45) is 2.28. The number of nitrogens with one attached hydrogen (secondary N) is 1. The number of halogens is 1. The molecule has 0 aromatic carbocycles. The fourth-order valence-corrected chi connectivity index (χ4v) is 3.66. The molecule has 8 nitrogen and oxygen atoms in total. The van der Waals surface area contributed by atoms with Crippen molar-refractivity contribution < 1.29 is 13.2 Å². The average molecular weight is 366 g/mol. The highest BCUT2D eigenvalue weighted by atomic mass is 35.5. The van der Waals surface area contributed by atoms with E-state index in [2.05, 4.69) is 9.71 Å². The molecule has 0 saturated carbocycles. The molecule has 1 aromatic rings. The summed E-state index contributed by atoms with van der Waals surface area (Å²) in [5.74, 6) is 0.638. The predicted molar refractivity (Wildman–Crippen MR) is 88.7 cm³/mol. The number of nitrogens with zero attached hydrogens (tertiary/aromatic N) is 3. The number of nitrogens with two attached hydrogens (primary N) is 1. The van der Waals surface area contributed by atoms with E-state index in [1.807, 2.05) is 6.92 Å². The van der Waals surface area contributed by atoms with E-state index in [1.54, 1.807) is 23.4 Å². The molecule has 1 aromatic heterocycles. The summed E-state index contributed by atoms with van der Waals surface area (Å²) in [5.41, 5.74) is 5.63. The minimum Gasteiger partial charge on any atom is -0.339 e. The molecule has 2 atom stereocenters. The average Bonchev–Trinajstić information content (AvgIpc) is 3.00. The summed E-state index contributed by atoms with van der Waals surface area (Å²) < 4.78 is 28.2. The van der Waals surface area contributed by atoms with Crippen molar-refractivity contribution in [3.05, 3.63) is 12.0 Å². The van der Waals surface area contributed by atoms with E-state index in [4.69, 9.17) is 5.73 Å². The summed E-state index contributed by atoms with van der Waals surface area (Å²) >= 11 is 0. The summed E-state index contributed by atoms with van der Waals surface area (Å²) in [5, 5.41) is -0.0744. The summed E-state index contributed by atoms with van der Waals surface area (Å²) in [4.78, 5) is 17.9.